The molecule has 1 amide bonds. The number of rotatable bonds is 3. The normalized spacial score (nSPS) is 21.7. The van der Waals surface area contributed by atoms with E-state index in [1.54, 1.807) is 0 Å². The minimum absolute atomic E-state index is 0.0132. The first-order chi connectivity index (χ1) is 8.46. The van der Waals surface area contributed by atoms with E-state index < -0.39 is 9.84 Å². The van der Waals surface area contributed by atoms with Gasteiger partial charge in [-0.3, -0.25) is 4.79 Å². The van der Waals surface area contributed by atoms with Gasteiger partial charge in [0.1, 0.15) is 11.5 Å². The standard InChI is InChI=1S/C10H14N4O3S/c11-9-5-12-8(4-13-9)10(15)14-3-7-1-2-18(16,17)6-7/h4-5,7H,1-3,6H2,(H2,11,13)(H,14,15). The smallest absolute Gasteiger partial charge is 0.271 e. The van der Waals surface area contributed by atoms with E-state index in [2.05, 4.69) is 15.3 Å². The second-order valence-corrected chi connectivity index (χ2v) is 6.53. The van der Waals surface area contributed by atoms with Crippen LogP contribution in [0.1, 0.15) is 16.9 Å². The molecule has 2 heterocycles. The van der Waals surface area contributed by atoms with Crippen molar-refractivity contribution in [2.75, 3.05) is 23.8 Å². The second kappa shape index (κ2) is 4.89. The van der Waals surface area contributed by atoms with Gasteiger partial charge >= 0.3 is 0 Å². The maximum atomic E-state index is 11.7. The van der Waals surface area contributed by atoms with Gasteiger partial charge in [-0.2, -0.15) is 0 Å². The highest BCUT2D eigenvalue weighted by molar-refractivity contribution is 7.91. The maximum absolute atomic E-state index is 11.7. The van der Waals surface area contributed by atoms with Crippen molar-refractivity contribution in [1.29, 1.82) is 0 Å². The van der Waals surface area contributed by atoms with E-state index in [0.717, 1.165) is 0 Å². The maximum Gasteiger partial charge on any atom is 0.271 e. The summed E-state index contributed by atoms with van der Waals surface area (Å²) < 4.78 is 22.5. The fraction of sp³-hybridized carbons (Fsp3) is 0.500. The number of anilines is 1. The van der Waals surface area contributed by atoms with Crippen molar-refractivity contribution in [1.82, 2.24) is 15.3 Å². The molecular weight excluding hydrogens is 256 g/mol. The molecule has 1 aromatic heterocycles. The Bertz CT molecular complexity index is 541. The molecule has 1 atom stereocenters. The van der Waals surface area contributed by atoms with Crippen LogP contribution in [0, 0.1) is 5.92 Å². The van der Waals surface area contributed by atoms with E-state index in [1.807, 2.05) is 0 Å². The number of nitrogens with one attached hydrogen (secondary N) is 1. The first-order valence-electron chi connectivity index (χ1n) is 5.52. The summed E-state index contributed by atoms with van der Waals surface area (Å²) in [5, 5.41) is 2.65. The van der Waals surface area contributed by atoms with Crippen LogP contribution < -0.4 is 11.1 Å². The van der Waals surface area contributed by atoms with E-state index in [1.165, 1.54) is 12.4 Å². The van der Waals surface area contributed by atoms with Crippen molar-refractivity contribution >= 4 is 21.6 Å². The average Bonchev–Trinajstić information content (AvgIpc) is 2.67. The van der Waals surface area contributed by atoms with Gasteiger partial charge < -0.3 is 11.1 Å². The van der Waals surface area contributed by atoms with Crippen LogP contribution in [0.25, 0.3) is 0 Å². The molecule has 1 aliphatic rings. The number of nitrogens with two attached hydrogens (primary N) is 1. The molecule has 1 aromatic rings. The fourth-order valence-electron chi connectivity index (χ4n) is 1.82. The Morgan fingerprint density at radius 2 is 2.22 bits per heavy atom. The molecule has 98 valence electrons. The molecule has 0 aliphatic carbocycles. The summed E-state index contributed by atoms with van der Waals surface area (Å²) in [7, 11) is -2.91. The third-order valence-electron chi connectivity index (χ3n) is 2.78. The summed E-state index contributed by atoms with van der Waals surface area (Å²) in [6.07, 6.45) is 3.18. The van der Waals surface area contributed by atoms with Crippen molar-refractivity contribution in [2.45, 2.75) is 6.42 Å². The van der Waals surface area contributed by atoms with Crippen LogP contribution in [0.4, 0.5) is 5.82 Å². The lowest BCUT2D eigenvalue weighted by atomic mass is 10.1. The minimum atomic E-state index is -2.91. The third kappa shape index (κ3) is 3.16. The fourth-order valence-corrected chi connectivity index (χ4v) is 3.68. The zero-order valence-electron chi connectivity index (χ0n) is 9.67. The Morgan fingerprint density at radius 3 is 2.78 bits per heavy atom. The molecule has 0 saturated carbocycles. The number of carbonyl (C=O) groups excluding carboxylic acids is 1. The van der Waals surface area contributed by atoms with Gasteiger partial charge in [-0.1, -0.05) is 0 Å². The molecule has 0 aromatic carbocycles. The molecule has 1 unspecified atom stereocenters. The van der Waals surface area contributed by atoms with Gasteiger partial charge in [0.15, 0.2) is 9.84 Å². The van der Waals surface area contributed by atoms with Gasteiger partial charge in [-0.25, -0.2) is 18.4 Å². The molecule has 7 nitrogen and oxygen atoms in total. The number of carbonyl (C=O) groups is 1. The number of nitrogen functional groups attached to an aromatic ring is 1. The predicted octanol–water partition coefficient (Wildman–Crippen LogP) is -0.777. The van der Waals surface area contributed by atoms with Gasteiger partial charge in [-0.05, 0) is 12.3 Å². The lowest BCUT2D eigenvalue weighted by Gasteiger charge is -2.08. The predicted molar refractivity (Wildman–Crippen MR) is 65.5 cm³/mol. The lowest BCUT2D eigenvalue weighted by Crippen LogP contribution is -2.30. The highest BCUT2D eigenvalue weighted by Crippen LogP contribution is 2.17. The van der Waals surface area contributed by atoms with E-state index in [0.29, 0.717) is 13.0 Å². The summed E-state index contributed by atoms with van der Waals surface area (Å²) >= 11 is 0. The first kappa shape index (κ1) is 12.7. The van der Waals surface area contributed by atoms with Gasteiger partial charge in [0.25, 0.3) is 5.91 Å². The Kier molecular flexibility index (Phi) is 3.46. The zero-order chi connectivity index (χ0) is 13.2. The molecule has 3 N–H and O–H groups in total. The monoisotopic (exact) mass is 270 g/mol. The van der Waals surface area contributed by atoms with Gasteiger partial charge in [0.2, 0.25) is 0 Å². The van der Waals surface area contributed by atoms with E-state index in [4.69, 9.17) is 5.73 Å². The largest absolute Gasteiger partial charge is 0.382 e. The topological polar surface area (TPSA) is 115 Å². The molecule has 1 aliphatic heterocycles. The Hall–Kier alpha value is -1.70. The van der Waals surface area contributed by atoms with Gasteiger partial charge in [0.05, 0.1) is 23.9 Å². The van der Waals surface area contributed by atoms with Crippen LogP contribution in [0.15, 0.2) is 12.4 Å². The van der Waals surface area contributed by atoms with E-state index >= 15 is 0 Å². The molecule has 0 radical (unpaired) electrons. The van der Waals surface area contributed by atoms with Crippen LogP contribution in [0.5, 0.6) is 0 Å². The zero-order valence-corrected chi connectivity index (χ0v) is 10.5. The van der Waals surface area contributed by atoms with Crippen molar-refractivity contribution < 1.29 is 13.2 Å². The molecule has 18 heavy (non-hydrogen) atoms. The molecule has 0 spiro atoms. The first-order valence-corrected chi connectivity index (χ1v) is 7.34. The van der Waals surface area contributed by atoms with E-state index in [9.17, 15) is 13.2 Å². The summed E-state index contributed by atoms with van der Waals surface area (Å²) in [6, 6.07) is 0. The molecule has 8 heteroatoms. The minimum Gasteiger partial charge on any atom is -0.382 e. The van der Waals surface area contributed by atoms with Crippen molar-refractivity contribution in [3.63, 3.8) is 0 Å². The quantitative estimate of drug-likeness (QED) is 0.744. The summed E-state index contributed by atoms with van der Waals surface area (Å²) in [5.74, 6) is 0.205. The molecule has 1 saturated heterocycles. The summed E-state index contributed by atoms with van der Waals surface area (Å²) in [5.41, 5.74) is 5.53. The Morgan fingerprint density at radius 1 is 1.44 bits per heavy atom. The van der Waals surface area contributed by atoms with Crippen LogP contribution in [-0.4, -0.2) is 42.3 Å². The van der Waals surface area contributed by atoms with Gasteiger partial charge in [-0.15, -0.1) is 0 Å². The number of hydrogen-bond acceptors (Lipinski definition) is 6. The van der Waals surface area contributed by atoms with Crippen LogP contribution >= 0.6 is 0 Å². The second-order valence-electron chi connectivity index (χ2n) is 4.31. The summed E-state index contributed by atoms with van der Waals surface area (Å²) in [4.78, 5) is 19.3. The average molecular weight is 270 g/mol. The van der Waals surface area contributed by atoms with Crippen LogP contribution in [0.3, 0.4) is 0 Å². The van der Waals surface area contributed by atoms with Crippen LogP contribution in [0.2, 0.25) is 0 Å². The molecule has 0 bridgehead atoms. The van der Waals surface area contributed by atoms with Gasteiger partial charge in [0, 0.05) is 6.54 Å². The van der Waals surface area contributed by atoms with Crippen molar-refractivity contribution in [2.24, 2.45) is 5.92 Å². The van der Waals surface area contributed by atoms with Crippen molar-refractivity contribution in [3.05, 3.63) is 18.1 Å². The van der Waals surface area contributed by atoms with Crippen LogP contribution in [-0.2, 0) is 9.84 Å². The number of sulfone groups is 1. The SMILES string of the molecule is Nc1cnc(C(=O)NCC2CCS(=O)(=O)C2)cn1. The molecule has 1 fully saturated rings. The molecule has 2 rings (SSSR count). The Balaban J connectivity index is 1.87. The summed E-state index contributed by atoms with van der Waals surface area (Å²) in [6.45, 7) is 0.337. The third-order valence-corrected chi connectivity index (χ3v) is 4.62. The Labute approximate surface area is 105 Å². The highest BCUT2D eigenvalue weighted by atomic mass is 32.2. The van der Waals surface area contributed by atoms with Crippen molar-refractivity contribution in [3.8, 4) is 0 Å². The lowest BCUT2D eigenvalue weighted by molar-refractivity contribution is 0.0943. The molecular formula is C10H14N4O3S. The number of hydrogen-bond donors (Lipinski definition) is 2. The van der Waals surface area contributed by atoms with E-state index in [-0.39, 0.29) is 34.8 Å². The highest BCUT2D eigenvalue weighted by Gasteiger charge is 2.28. The number of nitrogens with zero attached hydrogens (tertiary/aromatic N) is 2. The number of amides is 1. The number of aromatic nitrogens is 2.